The second-order valence-electron chi connectivity index (χ2n) is 6.34. The van der Waals surface area contributed by atoms with E-state index in [1.165, 1.54) is 0 Å². The number of rotatable bonds is 6. The fourth-order valence-corrected chi connectivity index (χ4v) is 2.93. The van der Waals surface area contributed by atoms with Crippen molar-refractivity contribution in [3.8, 4) is 0 Å². The molecule has 7 nitrogen and oxygen atoms in total. The van der Waals surface area contributed by atoms with Crippen molar-refractivity contribution in [3.63, 3.8) is 0 Å². The highest BCUT2D eigenvalue weighted by molar-refractivity contribution is 5.98. The molecule has 1 aliphatic heterocycles. The SMILES string of the molecule is Cc1cc(CON=C(N)c2ccccc2CN2CCC(O)CC2)no1. The molecule has 0 unspecified atom stereocenters. The molecule has 0 amide bonds. The average Bonchev–Trinajstić information content (AvgIpc) is 3.02. The van der Waals surface area contributed by atoms with Crippen molar-refractivity contribution in [2.75, 3.05) is 13.1 Å². The van der Waals surface area contributed by atoms with E-state index in [2.05, 4.69) is 15.2 Å². The predicted molar refractivity (Wildman–Crippen MR) is 93.7 cm³/mol. The first kappa shape index (κ1) is 17.4. The predicted octanol–water partition coefficient (Wildman–Crippen LogP) is 1.78. The summed E-state index contributed by atoms with van der Waals surface area (Å²) in [7, 11) is 0. The van der Waals surface area contributed by atoms with Crippen LogP contribution in [-0.2, 0) is 18.0 Å². The maximum absolute atomic E-state index is 9.63. The van der Waals surface area contributed by atoms with Gasteiger partial charge >= 0.3 is 0 Å². The summed E-state index contributed by atoms with van der Waals surface area (Å²) in [4.78, 5) is 7.62. The molecule has 0 aliphatic carbocycles. The van der Waals surface area contributed by atoms with Gasteiger partial charge in [0.25, 0.3) is 0 Å². The van der Waals surface area contributed by atoms with E-state index in [1.807, 2.05) is 31.2 Å². The van der Waals surface area contributed by atoms with Crippen LogP contribution >= 0.6 is 0 Å². The van der Waals surface area contributed by atoms with Crippen LogP contribution in [0.2, 0.25) is 0 Å². The molecular formula is C18H24N4O3. The number of hydrogen-bond acceptors (Lipinski definition) is 6. The summed E-state index contributed by atoms with van der Waals surface area (Å²) in [6, 6.07) is 9.71. The molecule has 0 radical (unpaired) electrons. The van der Waals surface area contributed by atoms with Crippen molar-refractivity contribution < 1.29 is 14.5 Å². The molecule has 0 spiro atoms. The van der Waals surface area contributed by atoms with Crippen molar-refractivity contribution in [1.29, 1.82) is 0 Å². The lowest BCUT2D eigenvalue weighted by atomic mass is 10.0. The van der Waals surface area contributed by atoms with E-state index in [0.29, 0.717) is 11.5 Å². The molecular weight excluding hydrogens is 320 g/mol. The quantitative estimate of drug-likeness (QED) is 0.471. The van der Waals surface area contributed by atoms with Gasteiger partial charge in [-0.3, -0.25) is 4.90 Å². The Kier molecular flexibility index (Phi) is 5.67. The number of likely N-dealkylation sites (tertiary alicyclic amines) is 1. The summed E-state index contributed by atoms with van der Waals surface area (Å²) in [5.41, 5.74) is 8.75. The molecule has 0 bridgehead atoms. The van der Waals surface area contributed by atoms with E-state index >= 15 is 0 Å². The smallest absolute Gasteiger partial charge is 0.170 e. The molecule has 1 aliphatic rings. The van der Waals surface area contributed by atoms with Crippen LogP contribution in [0, 0.1) is 6.92 Å². The lowest BCUT2D eigenvalue weighted by Gasteiger charge is -2.30. The molecule has 3 N–H and O–H groups in total. The Balaban J connectivity index is 1.63. The maximum Gasteiger partial charge on any atom is 0.170 e. The van der Waals surface area contributed by atoms with Gasteiger partial charge < -0.3 is 20.2 Å². The summed E-state index contributed by atoms with van der Waals surface area (Å²) in [5, 5.41) is 17.5. The van der Waals surface area contributed by atoms with Crippen molar-refractivity contribution in [1.82, 2.24) is 10.1 Å². The number of benzene rings is 1. The van der Waals surface area contributed by atoms with Gasteiger partial charge in [-0.1, -0.05) is 34.6 Å². The second-order valence-corrected chi connectivity index (χ2v) is 6.34. The van der Waals surface area contributed by atoms with Gasteiger partial charge in [0, 0.05) is 31.3 Å². The minimum atomic E-state index is -0.174. The standard InChI is InChI=1S/C18H24N4O3/c1-13-10-15(20-25-13)12-24-21-18(19)17-5-3-2-4-14(17)11-22-8-6-16(23)7-9-22/h2-5,10,16,23H,6-9,11-12H2,1H3,(H2,19,21). The fourth-order valence-electron chi connectivity index (χ4n) is 2.93. The summed E-state index contributed by atoms with van der Waals surface area (Å²) < 4.78 is 4.98. The number of nitrogens with zero attached hydrogens (tertiary/aromatic N) is 3. The fraction of sp³-hybridized carbons (Fsp3) is 0.444. The highest BCUT2D eigenvalue weighted by atomic mass is 16.6. The van der Waals surface area contributed by atoms with Crippen LogP contribution in [0.5, 0.6) is 0 Å². The lowest BCUT2D eigenvalue weighted by Crippen LogP contribution is -2.35. The molecule has 1 aromatic heterocycles. The first-order valence-corrected chi connectivity index (χ1v) is 8.48. The molecule has 1 fully saturated rings. The average molecular weight is 344 g/mol. The molecule has 3 rings (SSSR count). The van der Waals surface area contributed by atoms with Crippen LogP contribution in [0.4, 0.5) is 0 Å². The number of hydrogen-bond donors (Lipinski definition) is 2. The summed E-state index contributed by atoms with van der Waals surface area (Å²) >= 11 is 0. The number of aliphatic hydroxyl groups is 1. The zero-order valence-corrected chi connectivity index (χ0v) is 14.4. The van der Waals surface area contributed by atoms with Gasteiger partial charge in [0.2, 0.25) is 0 Å². The van der Waals surface area contributed by atoms with Gasteiger partial charge in [-0.05, 0) is 25.3 Å². The molecule has 0 atom stereocenters. The summed E-state index contributed by atoms with van der Waals surface area (Å²) in [6.45, 7) is 4.58. The monoisotopic (exact) mass is 344 g/mol. The van der Waals surface area contributed by atoms with Crippen molar-refractivity contribution in [2.24, 2.45) is 10.9 Å². The topological polar surface area (TPSA) is 97.1 Å². The third-order valence-corrected chi connectivity index (χ3v) is 4.30. The minimum absolute atomic E-state index is 0.174. The first-order valence-electron chi connectivity index (χ1n) is 8.48. The van der Waals surface area contributed by atoms with E-state index in [0.717, 1.165) is 49.4 Å². The van der Waals surface area contributed by atoms with Crippen LogP contribution in [0.15, 0.2) is 40.0 Å². The highest BCUT2D eigenvalue weighted by Crippen LogP contribution is 2.16. The van der Waals surface area contributed by atoms with E-state index in [9.17, 15) is 5.11 Å². The van der Waals surface area contributed by atoms with Gasteiger partial charge in [0.15, 0.2) is 12.4 Å². The zero-order chi connectivity index (χ0) is 17.6. The molecule has 134 valence electrons. The van der Waals surface area contributed by atoms with Crippen LogP contribution in [-0.4, -0.2) is 40.2 Å². The summed E-state index contributed by atoms with van der Waals surface area (Å²) in [5.74, 6) is 1.07. The second kappa shape index (κ2) is 8.13. The normalized spacial score (nSPS) is 17.0. The Morgan fingerprint density at radius 2 is 2.16 bits per heavy atom. The molecule has 1 aromatic carbocycles. The number of nitrogens with two attached hydrogens (primary N) is 1. The number of oxime groups is 1. The molecule has 7 heteroatoms. The third kappa shape index (κ3) is 4.80. The van der Waals surface area contributed by atoms with Crippen molar-refractivity contribution in [2.45, 2.75) is 39.0 Å². The van der Waals surface area contributed by atoms with Gasteiger partial charge in [0.1, 0.15) is 11.5 Å². The van der Waals surface area contributed by atoms with E-state index < -0.39 is 0 Å². The first-order chi connectivity index (χ1) is 12.1. The molecule has 25 heavy (non-hydrogen) atoms. The number of aryl methyl sites for hydroxylation is 1. The number of aromatic nitrogens is 1. The summed E-state index contributed by atoms with van der Waals surface area (Å²) in [6.07, 6.45) is 1.45. The Morgan fingerprint density at radius 1 is 1.40 bits per heavy atom. The van der Waals surface area contributed by atoms with Crippen molar-refractivity contribution in [3.05, 3.63) is 52.9 Å². The molecule has 0 saturated carbocycles. The van der Waals surface area contributed by atoms with Gasteiger partial charge in [-0.2, -0.15) is 0 Å². The van der Waals surface area contributed by atoms with E-state index in [-0.39, 0.29) is 12.7 Å². The Labute approximate surface area is 147 Å². The van der Waals surface area contributed by atoms with Gasteiger partial charge in [-0.15, -0.1) is 0 Å². The molecule has 2 aromatic rings. The van der Waals surface area contributed by atoms with Crippen molar-refractivity contribution >= 4 is 5.84 Å². The largest absolute Gasteiger partial charge is 0.393 e. The van der Waals surface area contributed by atoms with Crippen LogP contribution in [0.3, 0.4) is 0 Å². The molecule has 1 saturated heterocycles. The lowest BCUT2D eigenvalue weighted by molar-refractivity contribution is 0.0792. The number of piperidine rings is 1. The van der Waals surface area contributed by atoms with Gasteiger partial charge in [-0.25, -0.2) is 0 Å². The van der Waals surface area contributed by atoms with Crippen LogP contribution in [0.1, 0.15) is 35.4 Å². The maximum atomic E-state index is 9.63. The van der Waals surface area contributed by atoms with Crippen LogP contribution < -0.4 is 5.73 Å². The Morgan fingerprint density at radius 3 is 2.88 bits per heavy atom. The Hall–Kier alpha value is -2.38. The minimum Gasteiger partial charge on any atom is -0.393 e. The zero-order valence-electron chi connectivity index (χ0n) is 14.4. The van der Waals surface area contributed by atoms with Gasteiger partial charge in [0.05, 0.1) is 6.10 Å². The van der Waals surface area contributed by atoms with Crippen LogP contribution in [0.25, 0.3) is 0 Å². The van der Waals surface area contributed by atoms with E-state index in [4.69, 9.17) is 15.1 Å². The third-order valence-electron chi connectivity index (χ3n) is 4.30. The highest BCUT2D eigenvalue weighted by Gasteiger charge is 2.18. The molecule has 2 heterocycles. The Bertz CT molecular complexity index is 721. The number of amidine groups is 1. The number of aliphatic hydroxyl groups excluding tert-OH is 1. The van der Waals surface area contributed by atoms with E-state index in [1.54, 1.807) is 6.07 Å².